The van der Waals surface area contributed by atoms with Crippen LogP contribution in [0, 0.1) is 18.8 Å². The quantitative estimate of drug-likeness (QED) is 0.810. The molecule has 1 atom stereocenters. The highest BCUT2D eigenvalue weighted by Gasteiger charge is 2.23. The molecule has 0 amide bonds. The lowest BCUT2D eigenvalue weighted by molar-refractivity contribution is 0.263. The summed E-state index contributed by atoms with van der Waals surface area (Å²) in [4.78, 5) is 2.47. The normalized spacial score (nSPS) is 18.7. The molecule has 2 rings (SSSR count). The second-order valence-electron chi connectivity index (χ2n) is 6.76. The molecule has 0 aromatic heterocycles. The largest absolute Gasteiger partial charge is 0.396 e. The molecule has 0 radical (unpaired) electrons. The standard InChI is InChI=1S/C18H30N2O/c1-14(2)11-19-12-17-4-5-18(15(3)10-17)20-8-6-16(13-20)7-9-21/h4-5,10,14,16,19,21H,6-9,11-13H2,1-3H3. The van der Waals surface area contributed by atoms with Gasteiger partial charge in [-0.05, 0) is 55.3 Å². The third-order valence-corrected chi connectivity index (χ3v) is 4.31. The fourth-order valence-corrected chi connectivity index (χ4v) is 3.16. The Morgan fingerprint density at radius 3 is 2.86 bits per heavy atom. The van der Waals surface area contributed by atoms with Crippen molar-refractivity contribution in [1.82, 2.24) is 5.32 Å². The van der Waals surface area contributed by atoms with Crippen LogP contribution in [0.15, 0.2) is 18.2 Å². The highest BCUT2D eigenvalue weighted by Crippen LogP contribution is 2.28. The summed E-state index contributed by atoms with van der Waals surface area (Å²) < 4.78 is 0. The van der Waals surface area contributed by atoms with Crippen LogP contribution in [-0.4, -0.2) is 31.3 Å². The third kappa shape index (κ3) is 4.72. The molecule has 0 aliphatic carbocycles. The average molecular weight is 290 g/mol. The lowest BCUT2D eigenvalue weighted by Gasteiger charge is -2.22. The van der Waals surface area contributed by atoms with Crippen LogP contribution in [0.5, 0.6) is 0 Å². The maximum Gasteiger partial charge on any atom is 0.0434 e. The van der Waals surface area contributed by atoms with Gasteiger partial charge in [-0.1, -0.05) is 26.0 Å². The number of aliphatic hydroxyl groups excluding tert-OH is 1. The van der Waals surface area contributed by atoms with Crippen LogP contribution in [0.1, 0.15) is 37.8 Å². The lowest BCUT2D eigenvalue weighted by Crippen LogP contribution is -2.21. The molecule has 21 heavy (non-hydrogen) atoms. The number of rotatable bonds is 7. The fraction of sp³-hybridized carbons (Fsp3) is 0.667. The van der Waals surface area contributed by atoms with Gasteiger partial charge in [-0.3, -0.25) is 0 Å². The van der Waals surface area contributed by atoms with E-state index in [4.69, 9.17) is 5.11 Å². The topological polar surface area (TPSA) is 35.5 Å². The molecule has 1 fully saturated rings. The first-order valence-electron chi connectivity index (χ1n) is 8.26. The van der Waals surface area contributed by atoms with E-state index in [1.807, 2.05) is 0 Å². The second-order valence-corrected chi connectivity index (χ2v) is 6.76. The molecular formula is C18H30N2O. The van der Waals surface area contributed by atoms with Gasteiger partial charge in [0.05, 0.1) is 0 Å². The van der Waals surface area contributed by atoms with Crippen molar-refractivity contribution in [3.05, 3.63) is 29.3 Å². The monoisotopic (exact) mass is 290 g/mol. The van der Waals surface area contributed by atoms with Gasteiger partial charge in [-0.25, -0.2) is 0 Å². The van der Waals surface area contributed by atoms with Crippen molar-refractivity contribution in [2.75, 3.05) is 31.1 Å². The molecule has 1 aromatic carbocycles. The molecule has 2 N–H and O–H groups in total. The Kier molecular flexibility index (Phi) is 6.07. The van der Waals surface area contributed by atoms with Gasteiger partial charge in [0.25, 0.3) is 0 Å². The number of aliphatic hydroxyl groups is 1. The summed E-state index contributed by atoms with van der Waals surface area (Å²) in [6.07, 6.45) is 2.14. The molecule has 1 heterocycles. The van der Waals surface area contributed by atoms with Gasteiger partial charge in [0, 0.05) is 31.9 Å². The van der Waals surface area contributed by atoms with Crippen LogP contribution in [-0.2, 0) is 6.54 Å². The number of anilines is 1. The number of nitrogens with one attached hydrogen (secondary N) is 1. The molecule has 0 bridgehead atoms. The molecule has 0 saturated carbocycles. The predicted molar refractivity (Wildman–Crippen MR) is 89.7 cm³/mol. The van der Waals surface area contributed by atoms with Crippen molar-refractivity contribution >= 4 is 5.69 Å². The van der Waals surface area contributed by atoms with Crippen molar-refractivity contribution in [3.63, 3.8) is 0 Å². The maximum atomic E-state index is 9.07. The number of hydrogen-bond donors (Lipinski definition) is 2. The molecule has 1 saturated heterocycles. The summed E-state index contributed by atoms with van der Waals surface area (Å²) in [6.45, 7) is 11.2. The molecule has 0 spiro atoms. The summed E-state index contributed by atoms with van der Waals surface area (Å²) >= 11 is 0. The van der Waals surface area contributed by atoms with Crippen molar-refractivity contribution < 1.29 is 5.11 Å². The van der Waals surface area contributed by atoms with Gasteiger partial charge in [0.1, 0.15) is 0 Å². The number of hydrogen-bond acceptors (Lipinski definition) is 3. The number of nitrogens with zero attached hydrogens (tertiary/aromatic N) is 1. The second kappa shape index (κ2) is 7.81. The Morgan fingerprint density at radius 1 is 1.38 bits per heavy atom. The van der Waals surface area contributed by atoms with E-state index >= 15 is 0 Å². The molecule has 3 nitrogen and oxygen atoms in total. The zero-order valence-corrected chi connectivity index (χ0v) is 13.7. The summed E-state index contributed by atoms with van der Waals surface area (Å²) in [5.74, 6) is 1.35. The van der Waals surface area contributed by atoms with E-state index in [0.29, 0.717) is 18.4 Å². The Bertz CT molecular complexity index is 445. The molecule has 1 aromatic rings. The highest BCUT2D eigenvalue weighted by atomic mass is 16.3. The summed E-state index contributed by atoms with van der Waals surface area (Å²) in [5, 5.41) is 12.6. The summed E-state index contributed by atoms with van der Waals surface area (Å²) in [6, 6.07) is 6.82. The first-order valence-corrected chi connectivity index (χ1v) is 8.26. The molecule has 1 unspecified atom stereocenters. The summed E-state index contributed by atoms with van der Waals surface area (Å²) in [5.41, 5.74) is 4.09. The first-order chi connectivity index (χ1) is 10.1. The van der Waals surface area contributed by atoms with Crippen molar-refractivity contribution in [2.45, 2.75) is 40.2 Å². The van der Waals surface area contributed by atoms with Crippen LogP contribution in [0.3, 0.4) is 0 Å². The van der Waals surface area contributed by atoms with Crippen LogP contribution in [0.4, 0.5) is 5.69 Å². The first kappa shape index (κ1) is 16.3. The third-order valence-electron chi connectivity index (χ3n) is 4.31. The highest BCUT2D eigenvalue weighted by molar-refractivity contribution is 5.55. The van der Waals surface area contributed by atoms with E-state index in [2.05, 4.69) is 49.2 Å². The van der Waals surface area contributed by atoms with Gasteiger partial charge >= 0.3 is 0 Å². The van der Waals surface area contributed by atoms with Crippen LogP contribution in [0.25, 0.3) is 0 Å². The van der Waals surface area contributed by atoms with Gasteiger partial charge in [0.15, 0.2) is 0 Å². The van der Waals surface area contributed by atoms with Gasteiger partial charge in [0.2, 0.25) is 0 Å². The van der Waals surface area contributed by atoms with Gasteiger partial charge in [-0.2, -0.15) is 0 Å². The molecule has 1 aliphatic heterocycles. The Labute approximate surface area is 129 Å². The van der Waals surface area contributed by atoms with E-state index in [9.17, 15) is 0 Å². The van der Waals surface area contributed by atoms with Crippen LogP contribution < -0.4 is 10.2 Å². The maximum absolute atomic E-state index is 9.07. The molecule has 118 valence electrons. The van der Waals surface area contributed by atoms with Crippen molar-refractivity contribution in [1.29, 1.82) is 0 Å². The zero-order chi connectivity index (χ0) is 15.2. The van der Waals surface area contributed by atoms with E-state index < -0.39 is 0 Å². The smallest absolute Gasteiger partial charge is 0.0434 e. The Hall–Kier alpha value is -1.06. The van der Waals surface area contributed by atoms with Gasteiger partial charge in [-0.15, -0.1) is 0 Å². The minimum absolute atomic E-state index is 0.317. The van der Waals surface area contributed by atoms with E-state index in [-0.39, 0.29) is 0 Å². The van der Waals surface area contributed by atoms with Crippen LogP contribution in [0.2, 0.25) is 0 Å². The fourth-order valence-electron chi connectivity index (χ4n) is 3.16. The zero-order valence-electron chi connectivity index (χ0n) is 13.7. The average Bonchev–Trinajstić information content (AvgIpc) is 2.87. The van der Waals surface area contributed by atoms with Gasteiger partial charge < -0.3 is 15.3 Å². The van der Waals surface area contributed by atoms with E-state index in [0.717, 1.165) is 32.6 Å². The SMILES string of the molecule is Cc1cc(CNCC(C)C)ccc1N1CCC(CCO)C1. The minimum Gasteiger partial charge on any atom is -0.396 e. The Morgan fingerprint density at radius 2 is 2.19 bits per heavy atom. The molecule has 1 aliphatic rings. The van der Waals surface area contributed by atoms with Crippen LogP contribution >= 0.6 is 0 Å². The molecule has 3 heteroatoms. The van der Waals surface area contributed by atoms with Crippen molar-refractivity contribution in [2.24, 2.45) is 11.8 Å². The summed E-state index contributed by atoms with van der Waals surface area (Å²) in [7, 11) is 0. The van der Waals surface area contributed by atoms with E-state index in [1.165, 1.54) is 23.2 Å². The predicted octanol–water partition coefficient (Wildman–Crippen LogP) is 2.95. The Balaban J connectivity index is 1.93. The minimum atomic E-state index is 0.317. The van der Waals surface area contributed by atoms with E-state index in [1.54, 1.807) is 0 Å². The lowest BCUT2D eigenvalue weighted by atomic mass is 10.1. The molecular weight excluding hydrogens is 260 g/mol. The number of aryl methyl sites for hydroxylation is 1. The number of benzene rings is 1. The van der Waals surface area contributed by atoms with Crippen molar-refractivity contribution in [3.8, 4) is 0 Å².